The minimum Gasteiger partial charge on any atom is -0.357 e. The number of hydrogen-bond donors (Lipinski definition) is 0. The van der Waals surface area contributed by atoms with Gasteiger partial charge in [0, 0.05) is 24.4 Å². The van der Waals surface area contributed by atoms with Crippen molar-refractivity contribution in [1.82, 2.24) is 4.98 Å². The summed E-state index contributed by atoms with van der Waals surface area (Å²) in [5, 5.41) is 1.17. The molecule has 1 aliphatic heterocycles. The average molecular weight is 261 g/mol. The van der Waals surface area contributed by atoms with Crippen molar-refractivity contribution in [3.05, 3.63) is 35.9 Å². The van der Waals surface area contributed by atoms with Gasteiger partial charge in [0.15, 0.2) is 0 Å². The Morgan fingerprint density at radius 1 is 1.11 bits per heavy atom. The number of halogens is 1. The molecule has 0 radical (unpaired) electrons. The first-order valence-electron chi connectivity index (χ1n) is 6.58. The Morgan fingerprint density at radius 2 is 1.89 bits per heavy atom. The lowest BCUT2D eigenvalue weighted by Gasteiger charge is -2.28. The molecule has 0 spiro atoms. The SMILES string of the molecule is ClCc1cc(N2CCCCC2)nc2ccccc12. The third-order valence-electron chi connectivity index (χ3n) is 3.61. The van der Waals surface area contributed by atoms with Gasteiger partial charge in [-0.05, 0) is 37.0 Å². The van der Waals surface area contributed by atoms with Crippen LogP contribution in [0.3, 0.4) is 0 Å². The number of alkyl halides is 1. The summed E-state index contributed by atoms with van der Waals surface area (Å²) in [5.41, 5.74) is 2.24. The lowest BCUT2D eigenvalue weighted by atomic mass is 10.1. The van der Waals surface area contributed by atoms with E-state index in [9.17, 15) is 0 Å². The van der Waals surface area contributed by atoms with Crippen LogP contribution in [0.25, 0.3) is 10.9 Å². The molecule has 0 N–H and O–H groups in total. The molecule has 0 bridgehead atoms. The molecule has 3 heteroatoms. The summed E-state index contributed by atoms with van der Waals surface area (Å²) in [4.78, 5) is 7.16. The van der Waals surface area contributed by atoms with Gasteiger partial charge in [-0.25, -0.2) is 4.98 Å². The topological polar surface area (TPSA) is 16.1 Å². The minimum atomic E-state index is 0.546. The van der Waals surface area contributed by atoms with E-state index in [0.29, 0.717) is 5.88 Å². The number of pyridine rings is 1. The van der Waals surface area contributed by atoms with E-state index in [2.05, 4.69) is 23.1 Å². The number of rotatable bonds is 2. The Bertz CT molecular complexity index is 547. The van der Waals surface area contributed by atoms with Gasteiger partial charge in [-0.15, -0.1) is 11.6 Å². The molecule has 1 fully saturated rings. The lowest BCUT2D eigenvalue weighted by Crippen LogP contribution is -2.30. The maximum Gasteiger partial charge on any atom is 0.129 e. The van der Waals surface area contributed by atoms with Crippen molar-refractivity contribution < 1.29 is 0 Å². The van der Waals surface area contributed by atoms with Gasteiger partial charge in [0.1, 0.15) is 5.82 Å². The maximum atomic E-state index is 6.07. The van der Waals surface area contributed by atoms with E-state index in [1.54, 1.807) is 0 Å². The Hall–Kier alpha value is -1.28. The number of anilines is 1. The summed E-state index contributed by atoms with van der Waals surface area (Å²) in [6.07, 6.45) is 3.88. The molecule has 0 aliphatic carbocycles. The van der Waals surface area contributed by atoms with Crippen LogP contribution < -0.4 is 4.90 Å². The summed E-state index contributed by atoms with van der Waals surface area (Å²) in [5.74, 6) is 1.63. The van der Waals surface area contributed by atoms with Gasteiger partial charge >= 0.3 is 0 Å². The van der Waals surface area contributed by atoms with Gasteiger partial charge in [-0.1, -0.05) is 18.2 Å². The van der Waals surface area contributed by atoms with Gasteiger partial charge in [0.25, 0.3) is 0 Å². The fraction of sp³-hybridized carbons (Fsp3) is 0.400. The van der Waals surface area contributed by atoms with E-state index in [0.717, 1.165) is 24.4 Å². The molecule has 18 heavy (non-hydrogen) atoms. The molecule has 0 atom stereocenters. The highest BCUT2D eigenvalue weighted by Gasteiger charge is 2.14. The third-order valence-corrected chi connectivity index (χ3v) is 3.90. The second kappa shape index (κ2) is 5.15. The summed E-state index contributed by atoms with van der Waals surface area (Å²) in [6, 6.07) is 10.4. The second-order valence-electron chi connectivity index (χ2n) is 4.84. The summed E-state index contributed by atoms with van der Waals surface area (Å²) in [6.45, 7) is 2.24. The Labute approximate surface area is 113 Å². The Kier molecular flexibility index (Phi) is 3.37. The van der Waals surface area contributed by atoms with Gasteiger partial charge in [0.05, 0.1) is 5.52 Å². The van der Waals surface area contributed by atoms with E-state index in [1.807, 2.05) is 12.1 Å². The van der Waals surface area contributed by atoms with Crippen molar-refractivity contribution in [2.45, 2.75) is 25.1 Å². The van der Waals surface area contributed by atoms with Crippen LogP contribution in [-0.2, 0) is 5.88 Å². The van der Waals surface area contributed by atoms with Crippen LogP contribution in [0.2, 0.25) is 0 Å². The fourth-order valence-electron chi connectivity index (χ4n) is 2.63. The smallest absolute Gasteiger partial charge is 0.129 e. The van der Waals surface area contributed by atoms with Crippen molar-refractivity contribution in [3.8, 4) is 0 Å². The number of nitrogens with zero attached hydrogens (tertiary/aromatic N) is 2. The highest BCUT2D eigenvalue weighted by molar-refractivity contribution is 6.18. The van der Waals surface area contributed by atoms with Crippen LogP contribution in [0.5, 0.6) is 0 Å². The van der Waals surface area contributed by atoms with E-state index in [1.165, 1.54) is 30.2 Å². The summed E-state index contributed by atoms with van der Waals surface area (Å²) in [7, 11) is 0. The second-order valence-corrected chi connectivity index (χ2v) is 5.11. The van der Waals surface area contributed by atoms with Crippen LogP contribution in [0.1, 0.15) is 24.8 Å². The molecule has 2 aromatic rings. The summed E-state index contributed by atoms with van der Waals surface area (Å²) < 4.78 is 0. The number of piperidine rings is 1. The molecule has 1 aromatic heterocycles. The molecule has 0 amide bonds. The predicted molar refractivity (Wildman–Crippen MR) is 77.4 cm³/mol. The standard InChI is InChI=1S/C15H17ClN2/c16-11-12-10-15(18-8-4-1-5-9-18)17-14-7-3-2-6-13(12)14/h2-3,6-7,10H,1,4-5,8-9,11H2. The van der Waals surface area contributed by atoms with Crippen LogP contribution >= 0.6 is 11.6 Å². The van der Waals surface area contributed by atoms with E-state index < -0.39 is 0 Å². The van der Waals surface area contributed by atoms with Crippen LogP contribution in [0.15, 0.2) is 30.3 Å². The van der Waals surface area contributed by atoms with Crippen molar-refractivity contribution in [1.29, 1.82) is 0 Å². The molecule has 1 aromatic carbocycles. The Morgan fingerprint density at radius 3 is 2.67 bits per heavy atom. The van der Waals surface area contributed by atoms with Gasteiger partial charge in [-0.2, -0.15) is 0 Å². The van der Waals surface area contributed by atoms with Crippen LogP contribution in [-0.4, -0.2) is 18.1 Å². The van der Waals surface area contributed by atoms with Gasteiger partial charge in [0.2, 0.25) is 0 Å². The third kappa shape index (κ3) is 2.17. The molecule has 1 saturated heterocycles. The molecule has 2 heterocycles. The lowest BCUT2D eigenvalue weighted by molar-refractivity contribution is 0.574. The van der Waals surface area contributed by atoms with Crippen LogP contribution in [0, 0.1) is 0 Å². The predicted octanol–water partition coefficient (Wildman–Crippen LogP) is 3.96. The first kappa shape index (κ1) is 11.8. The maximum absolute atomic E-state index is 6.07. The minimum absolute atomic E-state index is 0.546. The Balaban J connectivity index is 2.07. The molecule has 0 unspecified atom stereocenters. The molecule has 0 saturated carbocycles. The van der Waals surface area contributed by atoms with Crippen molar-refractivity contribution in [2.75, 3.05) is 18.0 Å². The molecule has 1 aliphatic rings. The molecule has 3 rings (SSSR count). The number of aromatic nitrogens is 1. The molecular weight excluding hydrogens is 244 g/mol. The molecule has 2 nitrogen and oxygen atoms in total. The molecular formula is C15H17ClN2. The highest BCUT2D eigenvalue weighted by atomic mass is 35.5. The molecule has 94 valence electrons. The fourth-order valence-corrected chi connectivity index (χ4v) is 2.85. The van der Waals surface area contributed by atoms with Gasteiger partial charge in [-0.3, -0.25) is 0 Å². The average Bonchev–Trinajstić information content (AvgIpc) is 2.47. The van der Waals surface area contributed by atoms with Crippen molar-refractivity contribution in [3.63, 3.8) is 0 Å². The quantitative estimate of drug-likeness (QED) is 0.760. The summed E-state index contributed by atoms with van der Waals surface area (Å²) >= 11 is 6.07. The van der Waals surface area contributed by atoms with E-state index >= 15 is 0 Å². The first-order chi connectivity index (χ1) is 8.88. The zero-order valence-corrected chi connectivity index (χ0v) is 11.2. The number of para-hydroxylation sites is 1. The largest absolute Gasteiger partial charge is 0.357 e. The monoisotopic (exact) mass is 260 g/mol. The highest BCUT2D eigenvalue weighted by Crippen LogP contribution is 2.25. The zero-order chi connectivity index (χ0) is 12.4. The zero-order valence-electron chi connectivity index (χ0n) is 10.4. The normalized spacial score (nSPS) is 16.2. The number of benzene rings is 1. The number of fused-ring (bicyclic) bond motifs is 1. The first-order valence-corrected chi connectivity index (χ1v) is 7.11. The number of hydrogen-bond acceptors (Lipinski definition) is 2. The van der Waals surface area contributed by atoms with E-state index in [4.69, 9.17) is 16.6 Å². The van der Waals surface area contributed by atoms with Crippen molar-refractivity contribution in [2.24, 2.45) is 0 Å². The van der Waals surface area contributed by atoms with Gasteiger partial charge < -0.3 is 4.90 Å². The van der Waals surface area contributed by atoms with E-state index in [-0.39, 0.29) is 0 Å². The van der Waals surface area contributed by atoms with Crippen molar-refractivity contribution >= 4 is 28.3 Å². The van der Waals surface area contributed by atoms with Crippen LogP contribution in [0.4, 0.5) is 5.82 Å².